The SMILES string of the molecule is Cc1ccc(C(C)(C)C(=O)Nc2ccc(C)c(N3CCCC(O)C3)n2)cc1OC(C)(F)F. The van der Waals surface area contributed by atoms with Gasteiger partial charge >= 0.3 is 6.11 Å². The average Bonchev–Trinajstić information content (AvgIpc) is 2.70. The summed E-state index contributed by atoms with van der Waals surface area (Å²) in [7, 11) is 0. The molecule has 1 aliphatic heterocycles. The standard InChI is InChI=1S/C24H31F2N3O3/c1-15-8-10-17(13-19(15)32-24(5,25)26)23(3,4)22(31)28-20-11-9-16(2)21(27-20)29-12-6-7-18(30)14-29/h8-11,13,18,30H,6-7,12,14H2,1-5H3,(H,27,28,31). The van der Waals surface area contributed by atoms with Gasteiger partial charge in [0.1, 0.15) is 17.4 Å². The number of alkyl halides is 2. The molecule has 174 valence electrons. The van der Waals surface area contributed by atoms with Crippen LogP contribution in [0.4, 0.5) is 20.4 Å². The van der Waals surface area contributed by atoms with E-state index in [1.165, 1.54) is 6.07 Å². The largest absolute Gasteiger partial charge is 0.432 e. The highest BCUT2D eigenvalue weighted by Gasteiger charge is 2.32. The Hall–Kier alpha value is -2.74. The van der Waals surface area contributed by atoms with Gasteiger partial charge in [0.25, 0.3) is 0 Å². The van der Waals surface area contributed by atoms with E-state index >= 15 is 0 Å². The first-order chi connectivity index (χ1) is 14.9. The van der Waals surface area contributed by atoms with E-state index in [4.69, 9.17) is 4.74 Å². The molecule has 1 aliphatic rings. The molecule has 0 aliphatic carbocycles. The van der Waals surface area contributed by atoms with Gasteiger partial charge in [-0.2, -0.15) is 8.78 Å². The zero-order valence-electron chi connectivity index (χ0n) is 19.2. The van der Waals surface area contributed by atoms with Crippen molar-refractivity contribution in [2.75, 3.05) is 23.3 Å². The number of piperidine rings is 1. The van der Waals surface area contributed by atoms with Gasteiger partial charge in [-0.25, -0.2) is 4.98 Å². The number of carbonyl (C=O) groups excluding carboxylic acids is 1. The maximum Gasteiger partial charge on any atom is 0.394 e. The zero-order valence-corrected chi connectivity index (χ0v) is 19.2. The molecule has 0 radical (unpaired) electrons. The fraction of sp³-hybridized carbons (Fsp3) is 0.500. The number of hydrogen-bond donors (Lipinski definition) is 2. The van der Waals surface area contributed by atoms with Gasteiger partial charge in [-0.05, 0) is 69.4 Å². The molecule has 32 heavy (non-hydrogen) atoms. The van der Waals surface area contributed by atoms with Crippen molar-refractivity contribution >= 4 is 17.5 Å². The second-order valence-corrected chi connectivity index (χ2v) is 9.05. The summed E-state index contributed by atoms with van der Waals surface area (Å²) in [4.78, 5) is 19.8. The van der Waals surface area contributed by atoms with Crippen molar-refractivity contribution < 1.29 is 23.4 Å². The molecule has 8 heteroatoms. The van der Waals surface area contributed by atoms with Crippen LogP contribution in [0.2, 0.25) is 0 Å². The van der Waals surface area contributed by atoms with Crippen LogP contribution in [-0.4, -0.2) is 41.3 Å². The molecule has 3 rings (SSSR count). The number of aliphatic hydroxyl groups is 1. The van der Waals surface area contributed by atoms with Crippen LogP contribution in [0.15, 0.2) is 30.3 Å². The number of anilines is 2. The molecular formula is C24H31F2N3O3. The molecule has 2 aromatic rings. The number of carbonyl (C=O) groups is 1. The van der Waals surface area contributed by atoms with Gasteiger partial charge < -0.3 is 20.1 Å². The smallest absolute Gasteiger partial charge is 0.394 e. The van der Waals surface area contributed by atoms with Crippen LogP contribution in [0.25, 0.3) is 0 Å². The van der Waals surface area contributed by atoms with Crippen LogP contribution >= 0.6 is 0 Å². The van der Waals surface area contributed by atoms with E-state index in [9.17, 15) is 18.7 Å². The van der Waals surface area contributed by atoms with Gasteiger partial charge in [0.05, 0.1) is 11.5 Å². The maximum absolute atomic E-state index is 13.4. The van der Waals surface area contributed by atoms with Crippen molar-refractivity contribution in [2.24, 2.45) is 0 Å². The monoisotopic (exact) mass is 447 g/mol. The second-order valence-electron chi connectivity index (χ2n) is 9.05. The summed E-state index contributed by atoms with van der Waals surface area (Å²) in [6.45, 7) is 9.03. The van der Waals surface area contributed by atoms with Crippen LogP contribution in [-0.2, 0) is 10.2 Å². The van der Waals surface area contributed by atoms with Crippen molar-refractivity contribution in [3.8, 4) is 5.75 Å². The van der Waals surface area contributed by atoms with E-state index in [1.54, 1.807) is 39.0 Å². The molecule has 1 aromatic carbocycles. The van der Waals surface area contributed by atoms with E-state index in [0.717, 1.165) is 30.8 Å². The van der Waals surface area contributed by atoms with E-state index in [1.807, 2.05) is 17.9 Å². The van der Waals surface area contributed by atoms with E-state index in [-0.39, 0.29) is 11.7 Å². The minimum Gasteiger partial charge on any atom is -0.432 e. The molecule has 1 fully saturated rings. The summed E-state index contributed by atoms with van der Waals surface area (Å²) in [5.74, 6) is 0.842. The number of rotatable bonds is 6. The highest BCUT2D eigenvalue weighted by Crippen LogP contribution is 2.32. The van der Waals surface area contributed by atoms with Crippen molar-refractivity contribution in [2.45, 2.75) is 65.1 Å². The van der Waals surface area contributed by atoms with Crippen molar-refractivity contribution in [1.82, 2.24) is 4.98 Å². The zero-order chi connectivity index (χ0) is 23.7. The molecule has 2 heterocycles. The number of nitrogens with zero attached hydrogens (tertiary/aromatic N) is 2. The van der Waals surface area contributed by atoms with Gasteiger partial charge in [0.2, 0.25) is 5.91 Å². The van der Waals surface area contributed by atoms with Gasteiger partial charge in [0.15, 0.2) is 0 Å². The predicted molar refractivity (Wildman–Crippen MR) is 121 cm³/mol. The number of β-amino-alcohol motifs (C(OH)–C–C–N with tert-alkyl or cyclic N) is 1. The number of aliphatic hydroxyl groups excluding tert-OH is 1. The van der Waals surface area contributed by atoms with Gasteiger partial charge in [-0.1, -0.05) is 18.2 Å². The Morgan fingerprint density at radius 2 is 1.88 bits per heavy atom. The summed E-state index contributed by atoms with van der Waals surface area (Å²) in [5.41, 5.74) is 1.03. The summed E-state index contributed by atoms with van der Waals surface area (Å²) >= 11 is 0. The number of nitrogens with one attached hydrogen (secondary N) is 1. The first-order valence-electron chi connectivity index (χ1n) is 10.8. The third-order valence-corrected chi connectivity index (χ3v) is 5.77. The molecule has 0 spiro atoms. The number of halogens is 2. The summed E-state index contributed by atoms with van der Waals surface area (Å²) in [6.07, 6.45) is -2.07. The predicted octanol–water partition coefficient (Wildman–Crippen LogP) is 4.57. The molecule has 1 saturated heterocycles. The maximum atomic E-state index is 13.4. The fourth-order valence-electron chi connectivity index (χ4n) is 3.75. The van der Waals surface area contributed by atoms with Crippen LogP contribution in [0.5, 0.6) is 5.75 Å². The first-order valence-corrected chi connectivity index (χ1v) is 10.8. The Bertz CT molecular complexity index is 989. The first kappa shape index (κ1) is 23.9. The number of aromatic nitrogens is 1. The average molecular weight is 448 g/mol. The summed E-state index contributed by atoms with van der Waals surface area (Å²) in [6, 6.07) is 8.49. The number of pyridine rings is 1. The molecule has 0 saturated carbocycles. The molecule has 2 N–H and O–H groups in total. The Kier molecular flexibility index (Phi) is 6.74. The van der Waals surface area contributed by atoms with E-state index in [2.05, 4.69) is 10.3 Å². The number of benzene rings is 1. The summed E-state index contributed by atoms with van der Waals surface area (Å²) in [5, 5.41) is 12.8. The topological polar surface area (TPSA) is 74.7 Å². The fourth-order valence-corrected chi connectivity index (χ4v) is 3.75. The molecule has 6 nitrogen and oxygen atoms in total. The third-order valence-electron chi connectivity index (χ3n) is 5.77. The molecular weight excluding hydrogens is 416 g/mol. The van der Waals surface area contributed by atoms with Crippen LogP contribution in [0.1, 0.15) is 50.3 Å². The Labute approximate surface area is 187 Å². The van der Waals surface area contributed by atoms with Gasteiger partial charge in [-0.15, -0.1) is 0 Å². The lowest BCUT2D eigenvalue weighted by Crippen LogP contribution is -2.39. The highest BCUT2D eigenvalue weighted by molar-refractivity contribution is 5.98. The number of amides is 1. The van der Waals surface area contributed by atoms with Crippen molar-refractivity contribution in [1.29, 1.82) is 0 Å². The minimum atomic E-state index is -3.32. The number of hydrogen-bond acceptors (Lipinski definition) is 5. The Morgan fingerprint density at radius 3 is 2.53 bits per heavy atom. The highest BCUT2D eigenvalue weighted by atomic mass is 19.3. The molecule has 1 unspecified atom stereocenters. The lowest BCUT2D eigenvalue weighted by atomic mass is 9.83. The minimum absolute atomic E-state index is 0.0373. The van der Waals surface area contributed by atoms with Gasteiger partial charge in [0, 0.05) is 20.0 Å². The lowest BCUT2D eigenvalue weighted by Gasteiger charge is -2.32. The summed E-state index contributed by atoms with van der Waals surface area (Å²) < 4.78 is 31.5. The quantitative estimate of drug-likeness (QED) is 0.679. The Balaban J connectivity index is 1.82. The number of aryl methyl sites for hydroxylation is 2. The van der Waals surface area contributed by atoms with Crippen molar-refractivity contribution in [3.05, 3.63) is 47.0 Å². The van der Waals surface area contributed by atoms with Crippen LogP contribution < -0.4 is 15.0 Å². The van der Waals surface area contributed by atoms with Crippen LogP contribution in [0.3, 0.4) is 0 Å². The number of ether oxygens (including phenoxy) is 1. The normalized spacial score (nSPS) is 17.2. The lowest BCUT2D eigenvalue weighted by molar-refractivity contribution is -0.159. The molecule has 1 aromatic heterocycles. The van der Waals surface area contributed by atoms with Crippen molar-refractivity contribution in [3.63, 3.8) is 0 Å². The van der Waals surface area contributed by atoms with Gasteiger partial charge in [-0.3, -0.25) is 4.79 Å². The third kappa shape index (κ3) is 5.54. The van der Waals surface area contributed by atoms with E-state index < -0.39 is 17.6 Å². The molecule has 1 atom stereocenters. The molecule has 0 bridgehead atoms. The van der Waals surface area contributed by atoms with E-state index in [0.29, 0.717) is 30.4 Å². The second kappa shape index (κ2) is 9.02. The molecule has 1 amide bonds. The Morgan fingerprint density at radius 1 is 1.19 bits per heavy atom. The van der Waals surface area contributed by atoms with Crippen LogP contribution in [0, 0.1) is 13.8 Å².